The summed E-state index contributed by atoms with van der Waals surface area (Å²) in [6.07, 6.45) is 2.19. The first-order valence-electron chi connectivity index (χ1n) is 8.07. The minimum absolute atomic E-state index is 0.325. The number of carboxylic acid groups (broad SMARTS) is 1. The van der Waals surface area contributed by atoms with Crippen LogP contribution >= 0.6 is 0 Å². The Kier molecular flexibility index (Phi) is 4.65. The first kappa shape index (κ1) is 18.6. The van der Waals surface area contributed by atoms with Crippen molar-refractivity contribution in [3.63, 3.8) is 0 Å². The second-order valence-corrected chi connectivity index (χ2v) is 8.68. The van der Waals surface area contributed by atoms with E-state index in [1.54, 1.807) is 4.72 Å². The molecule has 3 rings (SSSR count). The molecule has 10 heteroatoms. The number of fused-ring (bicyclic) bond motifs is 1. The van der Waals surface area contributed by atoms with E-state index in [1.165, 1.54) is 14.1 Å². The number of carbonyl (C=O) groups is 2. The zero-order valence-electron chi connectivity index (χ0n) is 14.2. The van der Waals surface area contributed by atoms with Crippen LogP contribution in [-0.2, 0) is 10.2 Å². The van der Waals surface area contributed by atoms with Gasteiger partial charge < -0.3 is 9.84 Å². The number of aromatic carboxylic acids is 1. The number of ether oxygens (including phenoxy) is 1. The Labute approximate surface area is 150 Å². The van der Waals surface area contributed by atoms with E-state index in [4.69, 9.17) is 9.84 Å². The second-order valence-electron chi connectivity index (χ2n) is 6.79. The van der Waals surface area contributed by atoms with Gasteiger partial charge in [0, 0.05) is 14.1 Å². The summed E-state index contributed by atoms with van der Waals surface area (Å²) in [6, 6.07) is 1.96. The largest absolute Gasteiger partial charge is 0.486 e. The fourth-order valence-corrected chi connectivity index (χ4v) is 3.73. The monoisotopic (exact) mass is 386 g/mol. The quantitative estimate of drug-likeness (QED) is 0.761. The highest BCUT2D eigenvalue weighted by molar-refractivity contribution is 7.87. The fourth-order valence-electron chi connectivity index (χ4n) is 3.20. The first-order chi connectivity index (χ1) is 12.1. The summed E-state index contributed by atoms with van der Waals surface area (Å²) in [6.45, 7) is 0. The lowest BCUT2D eigenvalue weighted by atomic mass is 10.1. The van der Waals surface area contributed by atoms with Crippen LogP contribution in [-0.4, -0.2) is 49.9 Å². The maximum Gasteiger partial charge on any atom is 0.338 e. The molecular formula is C16H19FN2O6S. The molecule has 26 heavy (non-hydrogen) atoms. The van der Waals surface area contributed by atoms with Gasteiger partial charge in [-0.25, -0.2) is 13.9 Å². The van der Waals surface area contributed by atoms with Crippen molar-refractivity contribution in [2.45, 2.75) is 25.4 Å². The molecule has 0 saturated heterocycles. The van der Waals surface area contributed by atoms with E-state index in [-0.39, 0.29) is 11.7 Å². The lowest BCUT2D eigenvalue weighted by Gasteiger charge is -2.19. The summed E-state index contributed by atoms with van der Waals surface area (Å²) >= 11 is 0. The zero-order chi connectivity index (χ0) is 19.2. The van der Waals surface area contributed by atoms with Gasteiger partial charge in [-0.1, -0.05) is 0 Å². The third-order valence-electron chi connectivity index (χ3n) is 4.76. The molecule has 0 aliphatic heterocycles. The van der Waals surface area contributed by atoms with Crippen LogP contribution in [0, 0.1) is 17.7 Å². The van der Waals surface area contributed by atoms with Gasteiger partial charge in [-0.3, -0.25) is 4.79 Å². The third-order valence-corrected chi connectivity index (χ3v) is 6.16. The molecule has 8 nitrogen and oxygen atoms in total. The summed E-state index contributed by atoms with van der Waals surface area (Å²) in [7, 11) is -1.63. The van der Waals surface area contributed by atoms with Crippen LogP contribution in [0.25, 0.3) is 0 Å². The second kappa shape index (κ2) is 6.51. The minimum atomic E-state index is -4.09. The Balaban J connectivity index is 1.93. The van der Waals surface area contributed by atoms with Crippen LogP contribution in [0.5, 0.6) is 5.75 Å². The van der Waals surface area contributed by atoms with Crippen molar-refractivity contribution in [3.8, 4) is 5.75 Å². The number of benzene rings is 1. The van der Waals surface area contributed by atoms with Crippen LogP contribution in [0.3, 0.4) is 0 Å². The van der Waals surface area contributed by atoms with E-state index in [0.717, 1.165) is 22.9 Å². The van der Waals surface area contributed by atoms with E-state index in [1.807, 2.05) is 0 Å². The highest BCUT2D eigenvalue weighted by atomic mass is 32.2. The lowest BCUT2D eigenvalue weighted by molar-refractivity contribution is 0.0688. The van der Waals surface area contributed by atoms with Crippen molar-refractivity contribution in [2.75, 3.05) is 14.1 Å². The van der Waals surface area contributed by atoms with Gasteiger partial charge >= 0.3 is 16.2 Å². The molecule has 142 valence electrons. The number of amides is 1. The number of hydrogen-bond acceptors (Lipinski definition) is 5. The fraction of sp³-hybridized carbons (Fsp3) is 0.500. The standard InChI is InChI=1S/C16H19FN2O6S/c1-19(2)26(23,24)18-15(20)12-4-3-11(16(21)22)13(17)14(12)25-10-6-8-5-9(8)7-10/h3-4,8-10H,5-7H2,1-2H3,(H,18,20)(H,21,22)/t8-,9+,10?. The first-order valence-corrected chi connectivity index (χ1v) is 9.51. The van der Waals surface area contributed by atoms with Crippen LogP contribution in [0.1, 0.15) is 40.0 Å². The van der Waals surface area contributed by atoms with Gasteiger partial charge in [-0.15, -0.1) is 0 Å². The predicted molar refractivity (Wildman–Crippen MR) is 88.7 cm³/mol. The van der Waals surface area contributed by atoms with E-state index >= 15 is 0 Å². The normalized spacial score (nSPS) is 24.2. The van der Waals surface area contributed by atoms with Crippen LogP contribution < -0.4 is 9.46 Å². The molecule has 0 heterocycles. The van der Waals surface area contributed by atoms with Crippen molar-refractivity contribution in [3.05, 3.63) is 29.1 Å². The molecule has 2 aliphatic rings. The van der Waals surface area contributed by atoms with Crippen LogP contribution in [0.15, 0.2) is 12.1 Å². The summed E-state index contributed by atoms with van der Waals surface area (Å²) < 4.78 is 46.5. The number of halogens is 1. The van der Waals surface area contributed by atoms with Crippen molar-refractivity contribution >= 4 is 22.1 Å². The number of carboxylic acids is 1. The molecule has 1 aromatic carbocycles. The number of hydrogen-bond donors (Lipinski definition) is 2. The third kappa shape index (κ3) is 3.51. The molecule has 1 amide bonds. The van der Waals surface area contributed by atoms with Crippen LogP contribution in [0.2, 0.25) is 0 Å². The SMILES string of the molecule is CN(C)S(=O)(=O)NC(=O)c1ccc(C(=O)O)c(F)c1OC1C[C@@H]2C[C@@H]2C1. The highest BCUT2D eigenvalue weighted by Gasteiger charge is 2.47. The molecule has 2 aliphatic carbocycles. The van der Waals surface area contributed by atoms with Gasteiger partial charge in [0.2, 0.25) is 0 Å². The molecule has 3 atom stereocenters. The van der Waals surface area contributed by atoms with Gasteiger partial charge in [0.25, 0.3) is 5.91 Å². The number of carbonyl (C=O) groups excluding carboxylic acids is 1. The van der Waals surface area contributed by atoms with Crippen LogP contribution in [0.4, 0.5) is 4.39 Å². The molecule has 0 radical (unpaired) electrons. The summed E-state index contributed by atoms with van der Waals surface area (Å²) in [4.78, 5) is 23.5. The molecule has 1 aromatic rings. The van der Waals surface area contributed by atoms with E-state index in [9.17, 15) is 22.4 Å². The molecule has 0 aromatic heterocycles. The number of rotatable bonds is 6. The Morgan fingerprint density at radius 3 is 2.31 bits per heavy atom. The van der Waals surface area contributed by atoms with E-state index < -0.39 is 39.2 Å². The Morgan fingerprint density at radius 2 is 1.77 bits per heavy atom. The van der Waals surface area contributed by atoms with Gasteiger partial charge in [0.15, 0.2) is 11.6 Å². The summed E-state index contributed by atoms with van der Waals surface area (Å²) in [5.74, 6) is -3.26. The Bertz CT molecular complexity index is 860. The number of nitrogens with one attached hydrogen (secondary N) is 1. The maximum absolute atomic E-state index is 14.7. The van der Waals surface area contributed by atoms with Gasteiger partial charge in [0.05, 0.1) is 17.2 Å². The lowest BCUT2D eigenvalue weighted by Crippen LogP contribution is -2.39. The molecule has 2 saturated carbocycles. The molecule has 2 fully saturated rings. The predicted octanol–water partition coefficient (Wildman–Crippen LogP) is 1.24. The van der Waals surface area contributed by atoms with Crippen molar-refractivity contribution in [1.82, 2.24) is 9.03 Å². The van der Waals surface area contributed by atoms with E-state index in [0.29, 0.717) is 24.7 Å². The van der Waals surface area contributed by atoms with Crippen molar-refractivity contribution in [1.29, 1.82) is 0 Å². The van der Waals surface area contributed by atoms with Gasteiger partial charge in [-0.05, 0) is 43.2 Å². The molecular weight excluding hydrogens is 367 g/mol. The van der Waals surface area contributed by atoms with Crippen molar-refractivity contribution < 1.29 is 32.2 Å². The smallest absolute Gasteiger partial charge is 0.338 e. The molecule has 2 N–H and O–H groups in total. The Hall–Kier alpha value is -2.20. The zero-order valence-corrected chi connectivity index (χ0v) is 15.0. The minimum Gasteiger partial charge on any atom is -0.486 e. The maximum atomic E-state index is 14.7. The molecule has 0 bridgehead atoms. The van der Waals surface area contributed by atoms with Gasteiger partial charge in [-0.2, -0.15) is 12.7 Å². The van der Waals surface area contributed by atoms with Gasteiger partial charge in [0.1, 0.15) is 0 Å². The number of nitrogens with zero attached hydrogens (tertiary/aromatic N) is 1. The average Bonchev–Trinajstić information content (AvgIpc) is 3.14. The van der Waals surface area contributed by atoms with E-state index in [2.05, 4.69) is 0 Å². The summed E-state index contributed by atoms with van der Waals surface area (Å²) in [5.41, 5.74) is -1.01. The van der Waals surface area contributed by atoms with Crippen molar-refractivity contribution in [2.24, 2.45) is 11.8 Å². The summed E-state index contributed by atoms with van der Waals surface area (Å²) in [5, 5.41) is 9.09. The molecule has 0 spiro atoms. The topological polar surface area (TPSA) is 113 Å². The Morgan fingerprint density at radius 1 is 1.19 bits per heavy atom. The average molecular weight is 386 g/mol. The molecule has 1 unspecified atom stereocenters. The highest BCUT2D eigenvalue weighted by Crippen LogP contribution is 2.52.